The summed E-state index contributed by atoms with van der Waals surface area (Å²) in [6.07, 6.45) is -1.20. The first kappa shape index (κ1) is 18.8. The molecule has 1 N–H and O–H groups in total. The van der Waals surface area contributed by atoms with Crippen molar-refractivity contribution in [2.75, 3.05) is 12.4 Å². The molecule has 1 amide bonds. The van der Waals surface area contributed by atoms with Crippen LogP contribution >= 0.6 is 0 Å². The number of rotatable bonds is 6. The molecule has 2 rings (SSSR count). The number of carbonyl (C=O) groups is 2. The predicted octanol–water partition coefficient (Wildman–Crippen LogP) is 2.93. The predicted molar refractivity (Wildman–Crippen MR) is 89.6 cm³/mol. The van der Waals surface area contributed by atoms with E-state index in [1.807, 2.05) is 0 Å². The van der Waals surface area contributed by atoms with Crippen molar-refractivity contribution >= 4 is 23.3 Å². The Morgan fingerprint density at radius 3 is 2.42 bits per heavy atom. The van der Waals surface area contributed by atoms with Crippen LogP contribution in [0, 0.1) is 15.9 Å². The maximum absolute atomic E-state index is 12.9. The van der Waals surface area contributed by atoms with Crippen LogP contribution in [0.25, 0.3) is 0 Å². The summed E-state index contributed by atoms with van der Waals surface area (Å²) in [6, 6.07) is 8.34. The first-order valence-corrected chi connectivity index (χ1v) is 7.41. The summed E-state index contributed by atoms with van der Waals surface area (Å²) in [5.74, 6) is -1.82. The lowest BCUT2D eigenvalue weighted by Crippen LogP contribution is -2.30. The number of halogens is 1. The lowest BCUT2D eigenvalue weighted by Gasteiger charge is -2.15. The molecule has 0 radical (unpaired) electrons. The molecule has 2 aromatic carbocycles. The monoisotopic (exact) mass is 362 g/mol. The molecular weight excluding hydrogens is 347 g/mol. The standard InChI is InChI=1S/C17H15FN2O6/c1-10(26-17(22)11-3-5-12(18)6-4-11)16(21)19-14-9-13(20(23)24)7-8-15(14)25-2/h3-10H,1-2H3,(H,19,21)/t10-/m1/s1. The highest BCUT2D eigenvalue weighted by molar-refractivity contribution is 5.98. The van der Waals surface area contributed by atoms with Gasteiger partial charge < -0.3 is 14.8 Å². The van der Waals surface area contributed by atoms with Crippen LogP contribution < -0.4 is 10.1 Å². The SMILES string of the molecule is COc1ccc([N+](=O)[O-])cc1NC(=O)[C@@H](C)OC(=O)c1ccc(F)cc1. The van der Waals surface area contributed by atoms with Gasteiger partial charge in [-0.05, 0) is 37.3 Å². The van der Waals surface area contributed by atoms with Crippen LogP contribution in [-0.4, -0.2) is 30.0 Å². The number of ether oxygens (including phenoxy) is 2. The normalized spacial score (nSPS) is 11.3. The molecule has 0 fully saturated rings. The third-order valence-electron chi connectivity index (χ3n) is 3.38. The van der Waals surface area contributed by atoms with E-state index in [1.54, 1.807) is 0 Å². The molecule has 0 aliphatic rings. The minimum Gasteiger partial charge on any atom is -0.495 e. The molecule has 8 nitrogen and oxygen atoms in total. The van der Waals surface area contributed by atoms with Crippen LogP contribution in [0.5, 0.6) is 5.75 Å². The summed E-state index contributed by atoms with van der Waals surface area (Å²) in [6.45, 7) is 1.33. The molecule has 0 aromatic heterocycles. The molecule has 0 spiro atoms. The molecule has 1 atom stereocenters. The van der Waals surface area contributed by atoms with Gasteiger partial charge >= 0.3 is 5.97 Å². The van der Waals surface area contributed by atoms with Crippen LogP contribution in [0.2, 0.25) is 0 Å². The number of methoxy groups -OCH3 is 1. The van der Waals surface area contributed by atoms with Crippen molar-refractivity contribution in [1.29, 1.82) is 0 Å². The Hall–Kier alpha value is -3.49. The molecule has 0 bridgehead atoms. The molecule has 9 heteroatoms. The summed E-state index contributed by atoms with van der Waals surface area (Å²) < 4.78 is 22.9. The third kappa shape index (κ3) is 4.53. The number of amides is 1. The minimum atomic E-state index is -1.20. The smallest absolute Gasteiger partial charge is 0.338 e. The van der Waals surface area contributed by atoms with Crippen LogP contribution in [-0.2, 0) is 9.53 Å². The van der Waals surface area contributed by atoms with Gasteiger partial charge in [0.2, 0.25) is 0 Å². The van der Waals surface area contributed by atoms with Crippen LogP contribution in [0.4, 0.5) is 15.8 Å². The second-order valence-corrected chi connectivity index (χ2v) is 5.19. The Balaban J connectivity index is 2.09. The topological polar surface area (TPSA) is 108 Å². The first-order valence-electron chi connectivity index (χ1n) is 7.41. The van der Waals surface area contributed by atoms with E-state index in [4.69, 9.17) is 9.47 Å². The van der Waals surface area contributed by atoms with Crippen molar-refractivity contribution in [3.63, 3.8) is 0 Å². The van der Waals surface area contributed by atoms with Gasteiger partial charge in [-0.3, -0.25) is 14.9 Å². The Bertz CT molecular complexity index is 838. The van der Waals surface area contributed by atoms with Crippen molar-refractivity contribution in [2.24, 2.45) is 0 Å². The van der Waals surface area contributed by atoms with Crippen molar-refractivity contribution in [3.05, 3.63) is 64.0 Å². The Kier molecular flexibility index (Phi) is 5.84. The van der Waals surface area contributed by atoms with Crippen LogP contribution in [0.1, 0.15) is 17.3 Å². The average Bonchev–Trinajstić information content (AvgIpc) is 2.61. The van der Waals surface area contributed by atoms with Crippen molar-refractivity contribution in [3.8, 4) is 5.75 Å². The lowest BCUT2D eigenvalue weighted by atomic mass is 10.2. The van der Waals surface area contributed by atoms with E-state index in [1.165, 1.54) is 38.3 Å². The number of hydrogen-bond donors (Lipinski definition) is 1. The highest BCUT2D eigenvalue weighted by Crippen LogP contribution is 2.29. The van der Waals surface area contributed by atoms with Gasteiger partial charge in [0, 0.05) is 12.1 Å². The number of esters is 1. The Morgan fingerprint density at radius 2 is 1.85 bits per heavy atom. The number of nitro groups is 1. The summed E-state index contributed by atoms with van der Waals surface area (Å²) in [5.41, 5.74) is -0.0904. The molecule has 136 valence electrons. The van der Waals surface area contributed by atoms with Crippen molar-refractivity contribution in [1.82, 2.24) is 0 Å². The highest BCUT2D eigenvalue weighted by atomic mass is 19.1. The van der Waals surface area contributed by atoms with Gasteiger partial charge in [-0.25, -0.2) is 9.18 Å². The van der Waals surface area contributed by atoms with E-state index in [-0.39, 0.29) is 22.7 Å². The number of benzene rings is 2. The minimum absolute atomic E-state index is 0.0661. The number of non-ortho nitro benzene ring substituents is 1. The van der Waals surface area contributed by atoms with Gasteiger partial charge in [0.25, 0.3) is 11.6 Å². The number of hydrogen-bond acceptors (Lipinski definition) is 6. The molecule has 0 saturated carbocycles. The van der Waals surface area contributed by atoms with E-state index >= 15 is 0 Å². The molecule has 2 aromatic rings. The molecular formula is C17H15FN2O6. The fourth-order valence-corrected chi connectivity index (χ4v) is 2.01. The fourth-order valence-electron chi connectivity index (χ4n) is 2.01. The second kappa shape index (κ2) is 8.06. The quantitative estimate of drug-likeness (QED) is 0.481. The highest BCUT2D eigenvalue weighted by Gasteiger charge is 2.21. The van der Waals surface area contributed by atoms with E-state index < -0.39 is 28.7 Å². The molecule has 0 aliphatic heterocycles. The molecule has 0 heterocycles. The van der Waals surface area contributed by atoms with Gasteiger partial charge in [-0.15, -0.1) is 0 Å². The maximum Gasteiger partial charge on any atom is 0.338 e. The van der Waals surface area contributed by atoms with E-state index in [0.717, 1.165) is 18.2 Å². The summed E-state index contributed by atoms with van der Waals surface area (Å²) in [5, 5.41) is 13.3. The van der Waals surface area contributed by atoms with Gasteiger partial charge in [-0.2, -0.15) is 0 Å². The average molecular weight is 362 g/mol. The summed E-state index contributed by atoms with van der Waals surface area (Å²) in [4.78, 5) is 34.4. The van der Waals surface area contributed by atoms with Crippen molar-refractivity contribution < 1.29 is 28.4 Å². The zero-order valence-electron chi connectivity index (χ0n) is 13.9. The fraction of sp³-hybridized carbons (Fsp3) is 0.176. The van der Waals surface area contributed by atoms with Gasteiger partial charge in [-0.1, -0.05) is 0 Å². The number of nitro benzene ring substituents is 1. The third-order valence-corrected chi connectivity index (χ3v) is 3.38. The Labute approximate surface area is 147 Å². The van der Waals surface area contributed by atoms with Gasteiger partial charge in [0.05, 0.1) is 23.3 Å². The number of nitrogens with one attached hydrogen (secondary N) is 1. The summed E-state index contributed by atoms with van der Waals surface area (Å²) in [7, 11) is 1.34. The summed E-state index contributed by atoms with van der Waals surface area (Å²) >= 11 is 0. The number of nitrogens with zero attached hydrogens (tertiary/aromatic N) is 1. The number of anilines is 1. The zero-order valence-corrected chi connectivity index (χ0v) is 13.9. The van der Waals surface area contributed by atoms with E-state index in [0.29, 0.717) is 0 Å². The lowest BCUT2D eigenvalue weighted by molar-refractivity contribution is -0.384. The first-order chi connectivity index (χ1) is 12.3. The Morgan fingerprint density at radius 1 is 1.19 bits per heavy atom. The van der Waals surface area contributed by atoms with Crippen LogP contribution in [0.15, 0.2) is 42.5 Å². The molecule has 0 unspecified atom stereocenters. The van der Waals surface area contributed by atoms with E-state index in [2.05, 4.69) is 5.32 Å². The van der Waals surface area contributed by atoms with E-state index in [9.17, 15) is 24.1 Å². The second-order valence-electron chi connectivity index (χ2n) is 5.19. The number of carbonyl (C=O) groups excluding carboxylic acids is 2. The van der Waals surface area contributed by atoms with Crippen molar-refractivity contribution in [2.45, 2.75) is 13.0 Å². The molecule has 0 aliphatic carbocycles. The molecule has 26 heavy (non-hydrogen) atoms. The van der Waals surface area contributed by atoms with Crippen LogP contribution in [0.3, 0.4) is 0 Å². The van der Waals surface area contributed by atoms with Gasteiger partial charge in [0.15, 0.2) is 6.10 Å². The molecule has 0 saturated heterocycles. The maximum atomic E-state index is 12.9. The zero-order chi connectivity index (χ0) is 19.3. The van der Waals surface area contributed by atoms with Gasteiger partial charge in [0.1, 0.15) is 11.6 Å². The largest absolute Gasteiger partial charge is 0.495 e.